The Kier molecular flexibility index (Phi) is 3.84. The van der Waals surface area contributed by atoms with Crippen LogP contribution in [0.1, 0.15) is 16.7 Å². The van der Waals surface area contributed by atoms with Gasteiger partial charge in [-0.15, -0.1) is 0 Å². The van der Waals surface area contributed by atoms with E-state index in [1.165, 1.54) is 0 Å². The first-order valence-corrected chi connectivity index (χ1v) is 5.36. The first-order chi connectivity index (χ1) is 6.65. The number of carbonyl (C=O) groups is 1. The molecule has 0 saturated carbocycles. The highest BCUT2D eigenvalue weighted by Crippen LogP contribution is 2.10. The van der Waals surface area contributed by atoms with Crippen LogP contribution in [0.15, 0.2) is 18.2 Å². The summed E-state index contributed by atoms with van der Waals surface area (Å²) in [6.45, 7) is 1.92. The molecule has 0 aliphatic carbocycles. The third kappa shape index (κ3) is 2.97. The van der Waals surface area contributed by atoms with E-state index >= 15 is 0 Å². The van der Waals surface area contributed by atoms with E-state index < -0.39 is 0 Å². The van der Waals surface area contributed by atoms with Gasteiger partial charge < -0.3 is 0 Å². The van der Waals surface area contributed by atoms with E-state index in [0.29, 0.717) is 17.3 Å². The molecule has 0 saturated heterocycles. The molecule has 3 heteroatoms. The van der Waals surface area contributed by atoms with Gasteiger partial charge in [-0.05, 0) is 30.2 Å². The SMILES string of the molecule is Cc1cc(C#N)cc(CC(=O)CBr)c1. The normalized spacial score (nSPS) is 9.50. The number of hydrogen-bond acceptors (Lipinski definition) is 2. The number of nitriles is 1. The maximum atomic E-state index is 11.2. The molecule has 14 heavy (non-hydrogen) atoms. The Hall–Kier alpha value is -1.14. The van der Waals surface area contributed by atoms with E-state index in [1.807, 2.05) is 19.1 Å². The molecule has 0 atom stereocenters. The number of halogens is 1. The predicted octanol–water partition coefficient (Wildman–Crippen LogP) is 2.37. The average molecular weight is 252 g/mol. The molecule has 0 fully saturated rings. The molecule has 0 radical (unpaired) electrons. The van der Waals surface area contributed by atoms with Gasteiger partial charge >= 0.3 is 0 Å². The lowest BCUT2D eigenvalue weighted by atomic mass is 10.0. The molecule has 0 aliphatic heterocycles. The highest BCUT2D eigenvalue weighted by molar-refractivity contribution is 9.09. The molecule has 0 bridgehead atoms. The molecular weight excluding hydrogens is 242 g/mol. The van der Waals surface area contributed by atoms with Gasteiger partial charge in [-0.1, -0.05) is 22.0 Å². The Bertz CT molecular complexity index is 393. The van der Waals surface area contributed by atoms with Crippen molar-refractivity contribution in [1.82, 2.24) is 0 Å². The van der Waals surface area contributed by atoms with Crippen LogP contribution in [0.5, 0.6) is 0 Å². The minimum atomic E-state index is 0.125. The van der Waals surface area contributed by atoms with Crippen molar-refractivity contribution < 1.29 is 4.79 Å². The average Bonchev–Trinajstić information content (AvgIpc) is 2.16. The van der Waals surface area contributed by atoms with Gasteiger partial charge in [0.1, 0.15) is 5.78 Å². The maximum Gasteiger partial charge on any atom is 0.147 e. The quantitative estimate of drug-likeness (QED) is 0.775. The van der Waals surface area contributed by atoms with Gasteiger partial charge in [0.05, 0.1) is 17.0 Å². The van der Waals surface area contributed by atoms with Gasteiger partial charge in [-0.2, -0.15) is 5.26 Å². The predicted molar refractivity (Wildman–Crippen MR) is 58.4 cm³/mol. The monoisotopic (exact) mass is 251 g/mol. The van der Waals surface area contributed by atoms with E-state index in [9.17, 15) is 4.79 Å². The Morgan fingerprint density at radius 2 is 2.21 bits per heavy atom. The zero-order valence-electron chi connectivity index (χ0n) is 7.88. The van der Waals surface area contributed by atoms with Gasteiger partial charge in [0.15, 0.2) is 0 Å². The van der Waals surface area contributed by atoms with Crippen LogP contribution in [0, 0.1) is 18.3 Å². The van der Waals surface area contributed by atoms with Crippen LogP contribution in [0.25, 0.3) is 0 Å². The first-order valence-electron chi connectivity index (χ1n) is 4.24. The number of hydrogen-bond donors (Lipinski definition) is 0. The number of carbonyl (C=O) groups excluding carboxylic acids is 1. The highest BCUT2D eigenvalue weighted by Gasteiger charge is 2.03. The fraction of sp³-hybridized carbons (Fsp3) is 0.273. The molecule has 0 aliphatic rings. The van der Waals surface area contributed by atoms with Crippen molar-refractivity contribution in [2.75, 3.05) is 5.33 Å². The molecule has 2 nitrogen and oxygen atoms in total. The lowest BCUT2D eigenvalue weighted by molar-refractivity contribution is -0.115. The van der Waals surface area contributed by atoms with Gasteiger partial charge in [0.25, 0.3) is 0 Å². The van der Waals surface area contributed by atoms with Crippen molar-refractivity contribution in [2.45, 2.75) is 13.3 Å². The zero-order valence-corrected chi connectivity index (χ0v) is 9.47. The van der Waals surface area contributed by atoms with E-state index in [0.717, 1.165) is 11.1 Å². The third-order valence-corrected chi connectivity index (χ3v) is 2.44. The highest BCUT2D eigenvalue weighted by atomic mass is 79.9. The summed E-state index contributed by atoms with van der Waals surface area (Å²) >= 11 is 3.11. The molecule has 0 spiro atoms. The summed E-state index contributed by atoms with van der Waals surface area (Å²) in [5.74, 6) is 0.125. The van der Waals surface area contributed by atoms with Crippen molar-refractivity contribution in [3.63, 3.8) is 0 Å². The van der Waals surface area contributed by atoms with Crippen LogP contribution >= 0.6 is 15.9 Å². The molecule has 0 heterocycles. The number of aryl methyl sites for hydroxylation is 1. The van der Waals surface area contributed by atoms with Gasteiger partial charge in [-0.25, -0.2) is 0 Å². The van der Waals surface area contributed by atoms with Crippen LogP contribution in [-0.2, 0) is 11.2 Å². The Morgan fingerprint density at radius 1 is 1.50 bits per heavy atom. The van der Waals surface area contributed by atoms with Crippen molar-refractivity contribution in [2.24, 2.45) is 0 Å². The molecule has 1 rings (SSSR count). The summed E-state index contributed by atoms with van der Waals surface area (Å²) in [7, 11) is 0. The summed E-state index contributed by atoms with van der Waals surface area (Å²) in [6, 6.07) is 7.57. The first kappa shape index (κ1) is 10.9. The smallest absolute Gasteiger partial charge is 0.147 e. The second-order valence-electron chi connectivity index (χ2n) is 3.17. The molecular formula is C11H10BrNO. The van der Waals surface area contributed by atoms with Crippen LogP contribution in [-0.4, -0.2) is 11.1 Å². The number of Topliss-reactive ketones (excluding diaryl/α,β-unsaturated/α-hetero) is 1. The molecule has 0 unspecified atom stereocenters. The van der Waals surface area contributed by atoms with E-state index in [4.69, 9.17) is 5.26 Å². The molecule has 0 N–H and O–H groups in total. The maximum absolute atomic E-state index is 11.2. The van der Waals surface area contributed by atoms with E-state index in [2.05, 4.69) is 22.0 Å². The van der Waals surface area contributed by atoms with Crippen LogP contribution in [0.3, 0.4) is 0 Å². The minimum absolute atomic E-state index is 0.125. The van der Waals surface area contributed by atoms with Gasteiger partial charge in [-0.3, -0.25) is 4.79 Å². The molecule has 1 aromatic carbocycles. The lowest BCUT2D eigenvalue weighted by Crippen LogP contribution is -2.03. The number of alkyl halides is 1. The van der Waals surface area contributed by atoms with E-state index in [1.54, 1.807) is 6.07 Å². The van der Waals surface area contributed by atoms with Crippen LogP contribution < -0.4 is 0 Å². The van der Waals surface area contributed by atoms with Gasteiger partial charge in [0.2, 0.25) is 0 Å². The van der Waals surface area contributed by atoms with Crippen molar-refractivity contribution in [1.29, 1.82) is 5.26 Å². The number of rotatable bonds is 3. The third-order valence-electron chi connectivity index (χ3n) is 1.82. The standard InChI is InChI=1S/C11H10BrNO/c1-8-2-9(5-11(14)6-12)4-10(3-8)7-13/h2-4H,5-6H2,1H3. The summed E-state index contributed by atoms with van der Waals surface area (Å²) < 4.78 is 0. The lowest BCUT2D eigenvalue weighted by Gasteiger charge is -2.01. The topological polar surface area (TPSA) is 40.9 Å². The fourth-order valence-corrected chi connectivity index (χ4v) is 1.50. The second kappa shape index (κ2) is 4.92. The van der Waals surface area contributed by atoms with Crippen LogP contribution in [0.2, 0.25) is 0 Å². The zero-order chi connectivity index (χ0) is 10.6. The number of benzene rings is 1. The molecule has 0 amide bonds. The molecule has 1 aromatic rings. The van der Waals surface area contributed by atoms with Crippen LogP contribution in [0.4, 0.5) is 0 Å². The molecule has 0 aromatic heterocycles. The number of nitrogens with zero attached hydrogens (tertiary/aromatic N) is 1. The summed E-state index contributed by atoms with van der Waals surface area (Å²) in [6.07, 6.45) is 0.390. The molecule has 72 valence electrons. The fourth-order valence-electron chi connectivity index (χ4n) is 1.30. The number of ketones is 1. The van der Waals surface area contributed by atoms with Crippen molar-refractivity contribution in [3.05, 3.63) is 34.9 Å². The summed E-state index contributed by atoms with van der Waals surface area (Å²) in [4.78, 5) is 11.2. The van der Waals surface area contributed by atoms with Crippen molar-refractivity contribution >= 4 is 21.7 Å². The summed E-state index contributed by atoms with van der Waals surface area (Å²) in [5, 5.41) is 9.10. The van der Waals surface area contributed by atoms with Gasteiger partial charge in [0, 0.05) is 6.42 Å². The summed E-state index contributed by atoms with van der Waals surface area (Å²) in [5.41, 5.74) is 2.54. The second-order valence-corrected chi connectivity index (χ2v) is 3.73. The van der Waals surface area contributed by atoms with E-state index in [-0.39, 0.29) is 5.78 Å². The minimum Gasteiger partial charge on any atom is -0.298 e. The Labute approximate surface area is 91.7 Å². The Morgan fingerprint density at radius 3 is 2.79 bits per heavy atom. The van der Waals surface area contributed by atoms with Crippen molar-refractivity contribution in [3.8, 4) is 6.07 Å². The largest absolute Gasteiger partial charge is 0.298 e. The Balaban J connectivity index is 2.93.